The molecule has 86 valence electrons. The fourth-order valence-corrected chi connectivity index (χ4v) is 1.09. The van der Waals surface area contributed by atoms with Gasteiger partial charge in [-0.15, -0.1) is 0 Å². The number of hydrogen-bond acceptors (Lipinski definition) is 7. The second-order valence-corrected chi connectivity index (χ2v) is 3.10. The molecule has 7 heteroatoms. The number of aliphatic hydroxyl groups is 4. The van der Waals surface area contributed by atoms with E-state index in [2.05, 4.69) is 9.47 Å². The molecule has 0 fully saturated rings. The van der Waals surface area contributed by atoms with Crippen LogP contribution in [0.5, 0.6) is 0 Å². The summed E-state index contributed by atoms with van der Waals surface area (Å²) in [7, 11) is 0. The summed E-state index contributed by atoms with van der Waals surface area (Å²) in [5.74, 6) is -4.51. The van der Waals surface area contributed by atoms with Crippen LogP contribution in [0.4, 0.5) is 0 Å². The first kappa shape index (κ1) is 11.8. The van der Waals surface area contributed by atoms with Crippen molar-refractivity contribution in [3.63, 3.8) is 0 Å². The van der Waals surface area contributed by atoms with Crippen molar-refractivity contribution in [3.8, 4) is 0 Å². The van der Waals surface area contributed by atoms with Gasteiger partial charge in [0.15, 0.2) is 11.5 Å². The number of ether oxygens (including phenoxy) is 2. The van der Waals surface area contributed by atoms with Crippen molar-refractivity contribution in [2.45, 2.75) is 18.8 Å². The van der Waals surface area contributed by atoms with Crippen LogP contribution in [0.1, 0.15) is 6.92 Å². The maximum atomic E-state index is 10.4. The highest BCUT2D eigenvalue weighted by atomic mass is 16.7. The number of esters is 1. The van der Waals surface area contributed by atoms with E-state index in [0.717, 1.165) is 6.92 Å². The molecule has 1 aliphatic rings. The first-order chi connectivity index (χ1) is 6.88. The molecule has 0 aromatic heterocycles. The zero-order chi connectivity index (χ0) is 11.6. The van der Waals surface area contributed by atoms with Gasteiger partial charge in [0.25, 0.3) is 5.79 Å². The Morgan fingerprint density at radius 1 is 1.67 bits per heavy atom. The Balaban J connectivity index is 2.67. The smallest absolute Gasteiger partial charge is 0.302 e. The summed E-state index contributed by atoms with van der Waals surface area (Å²) in [5, 5.41) is 37.2. The molecule has 0 saturated carbocycles. The third-order valence-electron chi connectivity index (χ3n) is 1.94. The van der Waals surface area contributed by atoms with E-state index in [0.29, 0.717) is 0 Å². The molecule has 0 aromatic carbocycles. The van der Waals surface area contributed by atoms with E-state index < -0.39 is 42.6 Å². The average molecular weight is 220 g/mol. The van der Waals surface area contributed by atoms with Crippen molar-refractivity contribution >= 4 is 5.97 Å². The molecule has 0 amide bonds. The van der Waals surface area contributed by atoms with Crippen LogP contribution >= 0.6 is 0 Å². The highest BCUT2D eigenvalue weighted by molar-refractivity contribution is 5.65. The van der Waals surface area contributed by atoms with Crippen LogP contribution in [0.15, 0.2) is 11.5 Å². The standard InChI is InChI=1S/C8H12O7/c1-4(9)14-3-6(11)8(13)7(12)5(10)2-15-8/h6,10-13H,2-3H2,1H3/t6-,8+/m0/s1. The second kappa shape index (κ2) is 4.05. The molecular weight excluding hydrogens is 208 g/mol. The van der Waals surface area contributed by atoms with Crippen LogP contribution in [-0.4, -0.2) is 51.5 Å². The van der Waals surface area contributed by atoms with E-state index in [9.17, 15) is 20.1 Å². The Labute approximate surface area is 85.2 Å². The lowest BCUT2D eigenvalue weighted by atomic mass is 10.1. The molecule has 1 heterocycles. The molecule has 0 unspecified atom stereocenters. The molecule has 0 radical (unpaired) electrons. The number of carbonyl (C=O) groups is 1. The summed E-state index contributed by atoms with van der Waals surface area (Å²) in [4.78, 5) is 10.4. The Morgan fingerprint density at radius 2 is 2.27 bits per heavy atom. The minimum Gasteiger partial charge on any atom is -0.506 e. The van der Waals surface area contributed by atoms with E-state index in [1.807, 2.05) is 0 Å². The van der Waals surface area contributed by atoms with E-state index in [4.69, 9.17) is 5.11 Å². The predicted octanol–water partition coefficient (Wildman–Crippen LogP) is -1.04. The van der Waals surface area contributed by atoms with E-state index in [1.165, 1.54) is 0 Å². The van der Waals surface area contributed by atoms with Crippen LogP contribution in [0.3, 0.4) is 0 Å². The molecular formula is C8H12O7. The Kier molecular flexibility index (Phi) is 3.18. The quantitative estimate of drug-likeness (QED) is 0.448. The van der Waals surface area contributed by atoms with Gasteiger partial charge in [-0.25, -0.2) is 0 Å². The molecule has 0 bridgehead atoms. The molecule has 1 rings (SSSR count). The van der Waals surface area contributed by atoms with Gasteiger partial charge >= 0.3 is 5.97 Å². The largest absolute Gasteiger partial charge is 0.506 e. The van der Waals surface area contributed by atoms with Gasteiger partial charge in [0, 0.05) is 6.92 Å². The Bertz CT molecular complexity index is 297. The van der Waals surface area contributed by atoms with Gasteiger partial charge in [-0.2, -0.15) is 0 Å². The highest BCUT2D eigenvalue weighted by Crippen LogP contribution is 2.29. The second-order valence-electron chi connectivity index (χ2n) is 3.10. The monoisotopic (exact) mass is 220 g/mol. The third-order valence-corrected chi connectivity index (χ3v) is 1.94. The maximum Gasteiger partial charge on any atom is 0.302 e. The lowest BCUT2D eigenvalue weighted by Crippen LogP contribution is -2.47. The van der Waals surface area contributed by atoms with Crippen molar-refractivity contribution in [2.24, 2.45) is 0 Å². The molecule has 1 aliphatic heterocycles. The van der Waals surface area contributed by atoms with Crippen LogP contribution < -0.4 is 0 Å². The van der Waals surface area contributed by atoms with Crippen LogP contribution in [0.2, 0.25) is 0 Å². The molecule has 15 heavy (non-hydrogen) atoms. The van der Waals surface area contributed by atoms with Crippen molar-refractivity contribution in [1.82, 2.24) is 0 Å². The molecule has 0 saturated heterocycles. The minimum atomic E-state index is -2.42. The average Bonchev–Trinajstić information content (AvgIpc) is 2.44. The van der Waals surface area contributed by atoms with E-state index in [-0.39, 0.29) is 0 Å². The van der Waals surface area contributed by atoms with Crippen molar-refractivity contribution in [2.75, 3.05) is 13.2 Å². The molecule has 0 aromatic rings. The number of carbonyl (C=O) groups excluding carboxylic acids is 1. The predicted molar refractivity (Wildman–Crippen MR) is 45.8 cm³/mol. The summed E-state index contributed by atoms with van der Waals surface area (Å²) >= 11 is 0. The SMILES string of the molecule is CC(=O)OC[C@H](O)[C@@]1(O)OCC(O)=C1O. The molecule has 0 spiro atoms. The van der Waals surface area contributed by atoms with Crippen molar-refractivity contribution in [1.29, 1.82) is 0 Å². The summed E-state index contributed by atoms with van der Waals surface area (Å²) in [6, 6.07) is 0. The lowest BCUT2D eigenvalue weighted by Gasteiger charge is -2.26. The maximum absolute atomic E-state index is 10.4. The van der Waals surface area contributed by atoms with Crippen molar-refractivity contribution < 1.29 is 34.7 Å². The summed E-state index contributed by atoms with van der Waals surface area (Å²) in [6.07, 6.45) is -1.67. The van der Waals surface area contributed by atoms with Gasteiger partial charge < -0.3 is 29.9 Å². The summed E-state index contributed by atoms with van der Waals surface area (Å²) in [6.45, 7) is 0.155. The van der Waals surface area contributed by atoms with Gasteiger partial charge in [0.05, 0.1) is 0 Å². The Morgan fingerprint density at radius 3 is 2.67 bits per heavy atom. The number of hydrogen-bond donors (Lipinski definition) is 4. The first-order valence-corrected chi connectivity index (χ1v) is 4.17. The zero-order valence-electron chi connectivity index (χ0n) is 8.01. The van der Waals surface area contributed by atoms with Crippen LogP contribution in [0, 0.1) is 0 Å². The van der Waals surface area contributed by atoms with Gasteiger partial charge in [-0.3, -0.25) is 4.79 Å². The lowest BCUT2D eigenvalue weighted by molar-refractivity contribution is -0.238. The van der Waals surface area contributed by atoms with Gasteiger partial charge in [0.2, 0.25) is 0 Å². The van der Waals surface area contributed by atoms with E-state index in [1.54, 1.807) is 0 Å². The number of rotatable bonds is 3. The molecule has 2 atom stereocenters. The molecule has 7 nitrogen and oxygen atoms in total. The van der Waals surface area contributed by atoms with Gasteiger partial charge in [-0.05, 0) is 0 Å². The first-order valence-electron chi connectivity index (χ1n) is 4.17. The summed E-state index contributed by atoms with van der Waals surface area (Å²) < 4.78 is 9.02. The fourth-order valence-electron chi connectivity index (χ4n) is 1.09. The number of aliphatic hydroxyl groups excluding tert-OH is 3. The minimum absolute atomic E-state index is 0.417. The van der Waals surface area contributed by atoms with Gasteiger partial charge in [-0.1, -0.05) is 0 Å². The zero-order valence-corrected chi connectivity index (χ0v) is 8.01. The van der Waals surface area contributed by atoms with Gasteiger partial charge in [0.1, 0.15) is 19.3 Å². The van der Waals surface area contributed by atoms with Crippen LogP contribution in [0.25, 0.3) is 0 Å². The van der Waals surface area contributed by atoms with Crippen molar-refractivity contribution in [3.05, 3.63) is 11.5 Å². The topological polar surface area (TPSA) is 116 Å². The normalized spacial score (nSPS) is 27.9. The third kappa shape index (κ3) is 2.20. The molecule has 0 aliphatic carbocycles. The van der Waals surface area contributed by atoms with Crippen LogP contribution in [-0.2, 0) is 14.3 Å². The molecule has 4 N–H and O–H groups in total. The summed E-state index contributed by atoms with van der Waals surface area (Å²) in [5.41, 5.74) is 0. The van der Waals surface area contributed by atoms with E-state index >= 15 is 0 Å². The fraction of sp³-hybridized carbons (Fsp3) is 0.625. The highest BCUT2D eigenvalue weighted by Gasteiger charge is 2.48. The Hall–Kier alpha value is -1.31.